The fourth-order valence-corrected chi connectivity index (χ4v) is 2.56. The van der Waals surface area contributed by atoms with E-state index in [9.17, 15) is 4.39 Å². The van der Waals surface area contributed by atoms with Gasteiger partial charge in [0, 0.05) is 5.39 Å². The van der Waals surface area contributed by atoms with Crippen LogP contribution in [0.5, 0.6) is 0 Å². The SMILES string of the molecule is CCc1ccc(Nc2ccc3ccc(C)c(Cl)c3n2)c(F)c1. The molecule has 0 radical (unpaired) electrons. The lowest BCUT2D eigenvalue weighted by Gasteiger charge is -2.10. The molecule has 0 amide bonds. The molecule has 0 unspecified atom stereocenters. The summed E-state index contributed by atoms with van der Waals surface area (Å²) < 4.78 is 14.1. The van der Waals surface area contributed by atoms with Gasteiger partial charge in [0.15, 0.2) is 0 Å². The van der Waals surface area contributed by atoms with Crippen LogP contribution in [-0.4, -0.2) is 4.98 Å². The Hall–Kier alpha value is -2.13. The van der Waals surface area contributed by atoms with E-state index in [1.165, 1.54) is 0 Å². The fraction of sp³-hybridized carbons (Fsp3) is 0.167. The first-order chi connectivity index (χ1) is 10.6. The molecular weight excluding hydrogens is 299 g/mol. The Kier molecular flexibility index (Phi) is 3.99. The number of pyridine rings is 1. The second-order valence-corrected chi connectivity index (χ2v) is 5.64. The van der Waals surface area contributed by atoms with Crippen LogP contribution in [0.25, 0.3) is 10.9 Å². The maximum atomic E-state index is 14.1. The van der Waals surface area contributed by atoms with Crippen LogP contribution < -0.4 is 5.32 Å². The zero-order valence-corrected chi connectivity index (χ0v) is 13.2. The molecular formula is C18H16ClFN2. The van der Waals surface area contributed by atoms with Gasteiger partial charge in [-0.2, -0.15) is 0 Å². The Morgan fingerprint density at radius 1 is 1.14 bits per heavy atom. The first kappa shape index (κ1) is 14.8. The highest BCUT2D eigenvalue weighted by atomic mass is 35.5. The summed E-state index contributed by atoms with van der Waals surface area (Å²) in [5.74, 6) is 0.291. The number of benzene rings is 2. The minimum absolute atomic E-state index is 0.281. The smallest absolute Gasteiger partial charge is 0.146 e. The third-order valence-corrected chi connectivity index (χ3v) is 4.18. The van der Waals surface area contributed by atoms with Crippen LogP contribution in [0.2, 0.25) is 5.02 Å². The number of anilines is 2. The van der Waals surface area contributed by atoms with Gasteiger partial charge in [0.2, 0.25) is 0 Å². The molecule has 22 heavy (non-hydrogen) atoms. The molecule has 2 nitrogen and oxygen atoms in total. The highest BCUT2D eigenvalue weighted by Gasteiger charge is 2.08. The van der Waals surface area contributed by atoms with Gasteiger partial charge in [-0.1, -0.05) is 36.7 Å². The van der Waals surface area contributed by atoms with Crippen molar-refractivity contribution in [2.75, 3.05) is 5.32 Å². The number of rotatable bonds is 3. The molecule has 3 aromatic rings. The Labute approximate surface area is 134 Å². The molecule has 0 atom stereocenters. The Morgan fingerprint density at radius 3 is 2.64 bits per heavy atom. The lowest BCUT2D eigenvalue weighted by Crippen LogP contribution is -1.98. The van der Waals surface area contributed by atoms with E-state index in [2.05, 4.69) is 10.3 Å². The highest BCUT2D eigenvalue weighted by Crippen LogP contribution is 2.28. The molecule has 1 N–H and O–H groups in total. The van der Waals surface area contributed by atoms with Crippen LogP contribution >= 0.6 is 11.6 Å². The quantitative estimate of drug-likeness (QED) is 0.676. The molecule has 0 saturated carbocycles. The summed E-state index contributed by atoms with van der Waals surface area (Å²) in [5, 5.41) is 4.61. The summed E-state index contributed by atoms with van der Waals surface area (Å²) in [4.78, 5) is 4.50. The molecule has 0 bridgehead atoms. The molecule has 0 aliphatic carbocycles. The molecule has 1 heterocycles. The van der Waals surface area contributed by atoms with Crippen molar-refractivity contribution in [2.45, 2.75) is 20.3 Å². The van der Waals surface area contributed by atoms with Crippen LogP contribution in [-0.2, 0) is 6.42 Å². The summed E-state index contributed by atoms with van der Waals surface area (Å²) in [7, 11) is 0. The molecule has 0 spiro atoms. The van der Waals surface area contributed by atoms with E-state index in [4.69, 9.17) is 11.6 Å². The summed E-state index contributed by atoms with van der Waals surface area (Å²) >= 11 is 6.31. The van der Waals surface area contributed by atoms with Gasteiger partial charge < -0.3 is 5.32 Å². The van der Waals surface area contributed by atoms with Crippen LogP contribution in [0.4, 0.5) is 15.9 Å². The topological polar surface area (TPSA) is 24.9 Å². The van der Waals surface area contributed by atoms with Gasteiger partial charge in [0.25, 0.3) is 0 Å². The predicted octanol–water partition coefficient (Wildman–Crippen LogP) is 5.64. The number of nitrogens with zero attached hydrogens (tertiary/aromatic N) is 1. The van der Waals surface area contributed by atoms with Crippen LogP contribution in [0.3, 0.4) is 0 Å². The van der Waals surface area contributed by atoms with E-state index in [1.54, 1.807) is 12.1 Å². The molecule has 3 rings (SSSR count). The first-order valence-corrected chi connectivity index (χ1v) is 7.57. The normalized spacial score (nSPS) is 10.9. The molecule has 0 aliphatic heterocycles. The lowest BCUT2D eigenvalue weighted by molar-refractivity contribution is 0.629. The summed E-state index contributed by atoms with van der Waals surface area (Å²) in [6, 6.07) is 12.9. The van der Waals surface area contributed by atoms with Crippen LogP contribution in [0.1, 0.15) is 18.1 Å². The maximum absolute atomic E-state index is 14.1. The zero-order valence-electron chi connectivity index (χ0n) is 12.5. The predicted molar refractivity (Wildman–Crippen MR) is 90.6 cm³/mol. The molecule has 0 fully saturated rings. The largest absolute Gasteiger partial charge is 0.338 e. The van der Waals surface area contributed by atoms with Crippen LogP contribution in [0.15, 0.2) is 42.5 Å². The van der Waals surface area contributed by atoms with Gasteiger partial charge in [0.05, 0.1) is 16.2 Å². The number of halogens is 2. The van der Waals surface area contributed by atoms with E-state index in [0.717, 1.165) is 28.5 Å². The third kappa shape index (κ3) is 2.77. The van der Waals surface area contributed by atoms with Crippen molar-refractivity contribution in [3.05, 3.63) is 64.4 Å². The van der Waals surface area contributed by atoms with Gasteiger partial charge in [-0.05, 0) is 48.7 Å². The Balaban J connectivity index is 1.99. The molecule has 1 aromatic heterocycles. The Bertz CT molecular complexity index is 846. The van der Waals surface area contributed by atoms with Crippen molar-refractivity contribution in [3.63, 3.8) is 0 Å². The Morgan fingerprint density at radius 2 is 1.91 bits per heavy atom. The van der Waals surface area contributed by atoms with E-state index in [-0.39, 0.29) is 5.82 Å². The van der Waals surface area contributed by atoms with Crippen molar-refractivity contribution in [2.24, 2.45) is 0 Å². The van der Waals surface area contributed by atoms with E-state index in [1.807, 2.05) is 44.2 Å². The van der Waals surface area contributed by atoms with Crippen molar-refractivity contribution in [3.8, 4) is 0 Å². The standard InChI is InChI=1S/C18H16ClFN2/c1-3-12-5-8-15(14(20)10-12)21-16-9-7-13-6-4-11(2)17(19)18(13)22-16/h4-10H,3H2,1-2H3,(H,21,22). The minimum atomic E-state index is -0.281. The number of aryl methyl sites for hydroxylation is 2. The van der Waals surface area contributed by atoms with Gasteiger partial charge in [0.1, 0.15) is 11.6 Å². The van der Waals surface area contributed by atoms with Crippen molar-refractivity contribution < 1.29 is 4.39 Å². The monoisotopic (exact) mass is 314 g/mol. The van der Waals surface area contributed by atoms with Crippen molar-refractivity contribution in [1.82, 2.24) is 4.98 Å². The second-order valence-electron chi connectivity index (χ2n) is 5.26. The van der Waals surface area contributed by atoms with Gasteiger partial charge in [-0.25, -0.2) is 9.37 Å². The minimum Gasteiger partial charge on any atom is -0.338 e. The van der Waals surface area contributed by atoms with Crippen molar-refractivity contribution in [1.29, 1.82) is 0 Å². The second kappa shape index (κ2) is 5.93. The number of hydrogen-bond acceptors (Lipinski definition) is 2. The summed E-state index contributed by atoms with van der Waals surface area (Å²) in [5.41, 5.74) is 3.07. The average molecular weight is 315 g/mol. The fourth-order valence-electron chi connectivity index (χ4n) is 2.34. The molecule has 0 saturated heterocycles. The average Bonchev–Trinajstić information content (AvgIpc) is 2.53. The van der Waals surface area contributed by atoms with Crippen molar-refractivity contribution >= 4 is 34.0 Å². The van der Waals surface area contributed by atoms with Gasteiger partial charge in [-0.3, -0.25) is 0 Å². The molecule has 112 valence electrons. The maximum Gasteiger partial charge on any atom is 0.146 e. The van der Waals surface area contributed by atoms with E-state index in [0.29, 0.717) is 16.5 Å². The highest BCUT2D eigenvalue weighted by molar-refractivity contribution is 6.35. The van der Waals surface area contributed by atoms with E-state index >= 15 is 0 Å². The lowest BCUT2D eigenvalue weighted by atomic mass is 10.1. The van der Waals surface area contributed by atoms with Gasteiger partial charge in [-0.15, -0.1) is 0 Å². The third-order valence-electron chi connectivity index (χ3n) is 3.70. The summed E-state index contributed by atoms with van der Waals surface area (Å²) in [6.45, 7) is 3.93. The number of fused-ring (bicyclic) bond motifs is 1. The number of aromatic nitrogens is 1. The molecule has 2 aromatic carbocycles. The molecule has 0 aliphatic rings. The zero-order chi connectivity index (χ0) is 15.7. The van der Waals surface area contributed by atoms with Crippen LogP contribution in [0, 0.1) is 12.7 Å². The number of hydrogen-bond donors (Lipinski definition) is 1. The first-order valence-electron chi connectivity index (χ1n) is 7.20. The van der Waals surface area contributed by atoms with E-state index < -0.39 is 0 Å². The number of nitrogens with one attached hydrogen (secondary N) is 1. The molecule has 4 heteroatoms. The summed E-state index contributed by atoms with van der Waals surface area (Å²) in [6.07, 6.45) is 0.806. The van der Waals surface area contributed by atoms with Gasteiger partial charge >= 0.3 is 0 Å².